The van der Waals surface area contributed by atoms with Gasteiger partial charge in [0.25, 0.3) is 0 Å². The molecule has 1 saturated heterocycles. The SMILES string of the molecule is CCN1CCN(C(=O)N(Cc2ccc(C(=O)CN)cn2)c2cccc(F)c2)CC1. The van der Waals surface area contributed by atoms with E-state index in [2.05, 4.69) is 16.8 Å². The number of hydrogen-bond acceptors (Lipinski definition) is 5. The average Bonchev–Trinajstić information content (AvgIpc) is 2.77. The van der Waals surface area contributed by atoms with E-state index in [4.69, 9.17) is 5.73 Å². The number of amides is 2. The van der Waals surface area contributed by atoms with Crippen molar-refractivity contribution < 1.29 is 14.0 Å². The maximum atomic E-state index is 13.8. The van der Waals surface area contributed by atoms with Crippen molar-refractivity contribution in [2.24, 2.45) is 5.73 Å². The topological polar surface area (TPSA) is 82.8 Å². The molecule has 0 unspecified atom stereocenters. The number of piperazine rings is 1. The molecule has 0 radical (unpaired) electrons. The number of benzene rings is 1. The zero-order chi connectivity index (χ0) is 20.8. The fraction of sp³-hybridized carbons (Fsp3) is 0.381. The van der Waals surface area contributed by atoms with Gasteiger partial charge in [-0.1, -0.05) is 13.0 Å². The van der Waals surface area contributed by atoms with E-state index in [0.717, 1.165) is 19.6 Å². The first kappa shape index (κ1) is 20.9. The maximum Gasteiger partial charge on any atom is 0.324 e. The second-order valence-corrected chi connectivity index (χ2v) is 6.94. The lowest BCUT2D eigenvalue weighted by Crippen LogP contribution is -2.52. The van der Waals surface area contributed by atoms with Crippen LogP contribution in [0.4, 0.5) is 14.9 Å². The molecule has 0 aliphatic carbocycles. The zero-order valence-electron chi connectivity index (χ0n) is 16.6. The van der Waals surface area contributed by atoms with Gasteiger partial charge in [-0.15, -0.1) is 0 Å². The molecule has 29 heavy (non-hydrogen) atoms. The van der Waals surface area contributed by atoms with Gasteiger partial charge in [0, 0.05) is 43.6 Å². The average molecular weight is 399 g/mol. The number of ketones is 1. The van der Waals surface area contributed by atoms with Crippen LogP contribution in [0.3, 0.4) is 0 Å². The molecule has 1 aromatic carbocycles. The molecule has 0 saturated carbocycles. The molecule has 8 heteroatoms. The monoisotopic (exact) mass is 399 g/mol. The molecule has 0 spiro atoms. The van der Waals surface area contributed by atoms with Gasteiger partial charge in [0.1, 0.15) is 5.82 Å². The smallest absolute Gasteiger partial charge is 0.324 e. The summed E-state index contributed by atoms with van der Waals surface area (Å²) >= 11 is 0. The first-order chi connectivity index (χ1) is 14.0. The van der Waals surface area contributed by atoms with E-state index in [0.29, 0.717) is 30.0 Å². The van der Waals surface area contributed by atoms with Crippen molar-refractivity contribution in [3.8, 4) is 0 Å². The minimum atomic E-state index is -0.409. The van der Waals surface area contributed by atoms with E-state index >= 15 is 0 Å². The van der Waals surface area contributed by atoms with Crippen molar-refractivity contribution in [3.05, 3.63) is 59.7 Å². The third kappa shape index (κ3) is 5.16. The molecule has 7 nitrogen and oxygen atoms in total. The molecule has 0 atom stereocenters. The van der Waals surface area contributed by atoms with Crippen LogP contribution in [0.25, 0.3) is 0 Å². The van der Waals surface area contributed by atoms with Crippen molar-refractivity contribution in [1.29, 1.82) is 0 Å². The van der Waals surface area contributed by atoms with Crippen molar-refractivity contribution in [3.63, 3.8) is 0 Å². The summed E-state index contributed by atoms with van der Waals surface area (Å²) in [5.41, 5.74) is 6.88. The van der Waals surface area contributed by atoms with Gasteiger partial charge in [-0.25, -0.2) is 9.18 Å². The molecule has 3 rings (SSSR count). The van der Waals surface area contributed by atoms with Crippen molar-refractivity contribution >= 4 is 17.5 Å². The van der Waals surface area contributed by atoms with Crippen molar-refractivity contribution in [2.75, 3.05) is 44.2 Å². The predicted octanol–water partition coefficient (Wildman–Crippen LogP) is 2.13. The molecule has 0 bridgehead atoms. The number of nitrogens with two attached hydrogens (primary N) is 1. The highest BCUT2D eigenvalue weighted by Gasteiger charge is 2.26. The standard InChI is InChI=1S/C21H26FN5O2/c1-2-25-8-10-26(11-9-25)21(29)27(19-5-3-4-17(22)12-19)15-18-7-6-16(14-24-18)20(28)13-23/h3-7,12,14H,2,8-11,13,15,23H2,1H3. The highest BCUT2D eigenvalue weighted by atomic mass is 19.1. The second-order valence-electron chi connectivity index (χ2n) is 6.94. The Morgan fingerprint density at radius 1 is 1.17 bits per heavy atom. The Morgan fingerprint density at radius 3 is 2.52 bits per heavy atom. The van der Waals surface area contributed by atoms with E-state index in [1.807, 2.05) is 0 Å². The molecule has 2 N–H and O–H groups in total. The predicted molar refractivity (Wildman–Crippen MR) is 109 cm³/mol. The number of rotatable bonds is 6. The van der Waals surface area contributed by atoms with Crippen LogP contribution in [0.15, 0.2) is 42.6 Å². The Labute approximate surface area is 169 Å². The summed E-state index contributed by atoms with van der Waals surface area (Å²) in [7, 11) is 0. The van der Waals surface area contributed by atoms with E-state index in [1.54, 1.807) is 29.2 Å². The largest absolute Gasteiger partial charge is 0.324 e. The Balaban J connectivity index is 1.82. The van der Waals surface area contributed by atoms with Gasteiger partial charge in [-0.05, 0) is 36.9 Å². The Morgan fingerprint density at radius 2 is 1.93 bits per heavy atom. The minimum Gasteiger partial charge on any atom is -0.324 e. The van der Waals surface area contributed by atoms with Gasteiger partial charge in [-0.2, -0.15) is 0 Å². The van der Waals surface area contributed by atoms with Gasteiger partial charge in [0.15, 0.2) is 5.78 Å². The second kappa shape index (κ2) is 9.58. The number of aromatic nitrogens is 1. The summed E-state index contributed by atoms with van der Waals surface area (Å²) in [5, 5.41) is 0. The number of pyridine rings is 1. The number of carbonyl (C=O) groups is 2. The molecule has 1 fully saturated rings. The van der Waals surface area contributed by atoms with Gasteiger partial charge in [0.05, 0.1) is 18.8 Å². The molecule has 1 aliphatic heterocycles. The Hall–Kier alpha value is -2.84. The molecule has 2 amide bonds. The van der Waals surface area contributed by atoms with Crippen LogP contribution in [0.1, 0.15) is 23.0 Å². The van der Waals surface area contributed by atoms with Gasteiger partial charge in [-0.3, -0.25) is 14.7 Å². The van der Waals surface area contributed by atoms with E-state index < -0.39 is 5.82 Å². The minimum absolute atomic E-state index is 0.0847. The third-order valence-electron chi connectivity index (χ3n) is 5.09. The number of nitrogens with zero attached hydrogens (tertiary/aromatic N) is 4. The number of likely N-dealkylation sites (N-methyl/N-ethyl adjacent to an activating group) is 1. The first-order valence-corrected chi connectivity index (χ1v) is 9.74. The highest BCUT2D eigenvalue weighted by molar-refractivity contribution is 5.97. The summed E-state index contributed by atoms with van der Waals surface area (Å²) in [4.78, 5) is 34.8. The molecule has 2 heterocycles. The van der Waals surface area contributed by atoms with Crippen LogP contribution in [0.2, 0.25) is 0 Å². The fourth-order valence-electron chi connectivity index (χ4n) is 3.30. The highest BCUT2D eigenvalue weighted by Crippen LogP contribution is 2.21. The number of urea groups is 1. The zero-order valence-corrected chi connectivity index (χ0v) is 16.6. The summed E-state index contributed by atoms with van der Waals surface area (Å²) in [6.07, 6.45) is 1.46. The third-order valence-corrected chi connectivity index (χ3v) is 5.09. The molecule has 1 aliphatic rings. The number of halogens is 1. The van der Waals surface area contributed by atoms with Crippen molar-refractivity contribution in [1.82, 2.24) is 14.8 Å². The first-order valence-electron chi connectivity index (χ1n) is 9.74. The van der Waals surface area contributed by atoms with E-state index in [-0.39, 0.29) is 24.9 Å². The van der Waals surface area contributed by atoms with Crippen LogP contribution in [0.5, 0.6) is 0 Å². The summed E-state index contributed by atoms with van der Waals surface area (Å²) < 4.78 is 13.8. The summed E-state index contributed by atoms with van der Waals surface area (Å²) in [6, 6.07) is 9.12. The molecule has 154 valence electrons. The lowest BCUT2D eigenvalue weighted by atomic mass is 10.1. The Bertz CT molecular complexity index is 850. The quantitative estimate of drug-likeness (QED) is 0.753. The van der Waals surface area contributed by atoms with Crippen LogP contribution < -0.4 is 10.6 Å². The molecular weight excluding hydrogens is 373 g/mol. The lowest BCUT2D eigenvalue weighted by molar-refractivity contribution is 0.100. The van der Waals surface area contributed by atoms with Crippen LogP contribution in [-0.4, -0.2) is 65.9 Å². The van der Waals surface area contributed by atoms with Crippen LogP contribution in [-0.2, 0) is 6.54 Å². The van der Waals surface area contributed by atoms with Crippen LogP contribution >= 0.6 is 0 Å². The number of carbonyl (C=O) groups excluding carboxylic acids is 2. The number of hydrogen-bond donors (Lipinski definition) is 1. The maximum absolute atomic E-state index is 13.8. The van der Waals surface area contributed by atoms with E-state index in [9.17, 15) is 14.0 Å². The molecule has 2 aromatic rings. The number of anilines is 1. The Kier molecular flexibility index (Phi) is 6.90. The van der Waals surface area contributed by atoms with E-state index in [1.165, 1.54) is 23.2 Å². The lowest BCUT2D eigenvalue weighted by Gasteiger charge is -2.37. The van der Waals surface area contributed by atoms with Crippen LogP contribution in [0, 0.1) is 5.82 Å². The van der Waals surface area contributed by atoms with Gasteiger partial charge < -0.3 is 15.5 Å². The molecular formula is C21H26FN5O2. The van der Waals surface area contributed by atoms with Crippen molar-refractivity contribution in [2.45, 2.75) is 13.5 Å². The summed E-state index contributed by atoms with van der Waals surface area (Å²) in [5.74, 6) is -0.608. The normalized spacial score (nSPS) is 14.7. The fourth-order valence-corrected chi connectivity index (χ4v) is 3.30. The van der Waals surface area contributed by atoms with Gasteiger partial charge >= 0.3 is 6.03 Å². The summed E-state index contributed by atoms with van der Waals surface area (Å²) in [6.45, 7) is 6.01. The molecule has 1 aromatic heterocycles. The number of Topliss-reactive ketones (excluding diaryl/α,β-unsaturated/α-hetero) is 1. The van der Waals surface area contributed by atoms with Gasteiger partial charge in [0.2, 0.25) is 0 Å².